The molecule has 106 valence electrons. The molecule has 0 aliphatic rings. The van der Waals surface area contributed by atoms with Crippen molar-refractivity contribution in [3.8, 4) is 17.1 Å². The average Bonchev–Trinajstić information content (AvgIpc) is 3.03. The van der Waals surface area contributed by atoms with Crippen LogP contribution < -0.4 is 4.74 Å². The fourth-order valence-electron chi connectivity index (χ4n) is 1.67. The summed E-state index contributed by atoms with van der Waals surface area (Å²) in [6.07, 6.45) is 1.60. The Morgan fingerprint density at radius 3 is 2.86 bits per heavy atom. The van der Waals surface area contributed by atoms with E-state index < -0.39 is 5.82 Å². The summed E-state index contributed by atoms with van der Waals surface area (Å²) in [6, 6.07) is 7.66. The predicted molar refractivity (Wildman–Crippen MR) is 73.2 cm³/mol. The van der Waals surface area contributed by atoms with E-state index in [2.05, 4.69) is 25.6 Å². The molecule has 21 heavy (non-hydrogen) atoms. The van der Waals surface area contributed by atoms with Crippen LogP contribution in [0.5, 0.6) is 5.75 Å². The summed E-state index contributed by atoms with van der Waals surface area (Å²) < 4.78 is 18.9. The Labute approximate surface area is 123 Å². The van der Waals surface area contributed by atoms with Crippen LogP contribution in [-0.4, -0.2) is 25.6 Å². The summed E-state index contributed by atoms with van der Waals surface area (Å²) in [7, 11) is 0. The molecule has 0 fully saturated rings. The molecule has 0 unspecified atom stereocenters. The van der Waals surface area contributed by atoms with E-state index >= 15 is 0 Å². The number of rotatable bonds is 4. The fraction of sp³-hybridized carbons (Fsp3) is 0.0769. The molecule has 6 nitrogen and oxygen atoms in total. The third-order valence-electron chi connectivity index (χ3n) is 2.70. The normalized spacial score (nSPS) is 10.6. The zero-order valence-corrected chi connectivity index (χ0v) is 11.4. The SMILES string of the molecule is Fc1ccc(Cl)cc1OCc1ccc(-c2nn[nH]n2)cn1. The molecule has 0 spiro atoms. The number of hydrogen-bond donors (Lipinski definition) is 1. The van der Waals surface area contributed by atoms with Crippen molar-refractivity contribution in [2.45, 2.75) is 6.61 Å². The van der Waals surface area contributed by atoms with Gasteiger partial charge in [0.2, 0.25) is 5.82 Å². The smallest absolute Gasteiger partial charge is 0.206 e. The van der Waals surface area contributed by atoms with E-state index in [1.54, 1.807) is 18.3 Å². The number of pyridine rings is 1. The Morgan fingerprint density at radius 1 is 1.24 bits per heavy atom. The van der Waals surface area contributed by atoms with Gasteiger partial charge in [-0.05, 0) is 29.5 Å². The van der Waals surface area contributed by atoms with Crippen LogP contribution in [0, 0.1) is 5.82 Å². The molecule has 0 aliphatic heterocycles. The van der Waals surface area contributed by atoms with Gasteiger partial charge in [-0.3, -0.25) is 4.98 Å². The predicted octanol–water partition coefficient (Wildman–Crippen LogP) is 2.63. The van der Waals surface area contributed by atoms with Crippen LogP contribution in [-0.2, 0) is 6.61 Å². The monoisotopic (exact) mass is 305 g/mol. The molecular formula is C13H9ClFN5O. The second-order valence-electron chi connectivity index (χ2n) is 4.14. The highest BCUT2D eigenvalue weighted by molar-refractivity contribution is 6.30. The fourth-order valence-corrected chi connectivity index (χ4v) is 1.83. The minimum absolute atomic E-state index is 0.0894. The first-order valence-electron chi connectivity index (χ1n) is 5.99. The van der Waals surface area contributed by atoms with E-state index in [-0.39, 0.29) is 12.4 Å². The number of aromatic nitrogens is 5. The number of benzene rings is 1. The lowest BCUT2D eigenvalue weighted by atomic mass is 10.2. The van der Waals surface area contributed by atoms with Gasteiger partial charge in [-0.1, -0.05) is 11.6 Å². The van der Waals surface area contributed by atoms with E-state index in [4.69, 9.17) is 16.3 Å². The zero-order valence-electron chi connectivity index (χ0n) is 10.6. The molecule has 0 saturated heterocycles. The molecule has 3 rings (SSSR count). The van der Waals surface area contributed by atoms with E-state index in [1.807, 2.05) is 0 Å². The van der Waals surface area contributed by atoms with Gasteiger partial charge in [0.1, 0.15) is 6.61 Å². The van der Waals surface area contributed by atoms with Crippen molar-refractivity contribution in [3.05, 3.63) is 53.1 Å². The van der Waals surface area contributed by atoms with Crippen LogP contribution in [0.4, 0.5) is 4.39 Å². The van der Waals surface area contributed by atoms with Gasteiger partial charge < -0.3 is 4.74 Å². The third kappa shape index (κ3) is 3.14. The summed E-state index contributed by atoms with van der Waals surface area (Å²) >= 11 is 5.79. The zero-order chi connectivity index (χ0) is 14.7. The number of nitrogens with one attached hydrogen (secondary N) is 1. The molecule has 1 N–H and O–H groups in total. The quantitative estimate of drug-likeness (QED) is 0.802. The highest BCUT2D eigenvalue weighted by atomic mass is 35.5. The van der Waals surface area contributed by atoms with Crippen molar-refractivity contribution < 1.29 is 9.13 Å². The first-order chi connectivity index (χ1) is 10.2. The van der Waals surface area contributed by atoms with Crippen LogP contribution in [0.15, 0.2) is 36.5 Å². The standard InChI is InChI=1S/C13H9ClFN5O/c14-9-2-4-11(15)12(5-9)21-7-10-3-1-8(6-16-10)13-17-19-20-18-13/h1-6H,7H2,(H,17,18,19,20). The maximum atomic E-state index is 13.5. The van der Waals surface area contributed by atoms with Crippen LogP contribution in [0.2, 0.25) is 5.02 Å². The number of hydrogen-bond acceptors (Lipinski definition) is 5. The number of nitrogens with zero attached hydrogens (tertiary/aromatic N) is 4. The Morgan fingerprint density at radius 2 is 2.14 bits per heavy atom. The summed E-state index contributed by atoms with van der Waals surface area (Å²) in [5.41, 5.74) is 1.36. The average molecular weight is 306 g/mol. The number of aromatic amines is 1. The lowest BCUT2D eigenvalue weighted by Crippen LogP contribution is -2.00. The first kappa shape index (κ1) is 13.4. The Kier molecular flexibility index (Phi) is 3.74. The number of tetrazole rings is 1. The lowest BCUT2D eigenvalue weighted by molar-refractivity contribution is 0.286. The van der Waals surface area contributed by atoms with E-state index in [9.17, 15) is 4.39 Å². The molecule has 2 aromatic heterocycles. The molecule has 0 bridgehead atoms. The van der Waals surface area contributed by atoms with Gasteiger partial charge in [-0.15, -0.1) is 10.2 Å². The van der Waals surface area contributed by atoms with Crippen molar-refractivity contribution in [2.75, 3.05) is 0 Å². The van der Waals surface area contributed by atoms with Gasteiger partial charge >= 0.3 is 0 Å². The molecule has 8 heteroatoms. The lowest BCUT2D eigenvalue weighted by Gasteiger charge is -2.07. The second-order valence-corrected chi connectivity index (χ2v) is 4.57. The topological polar surface area (TPSA) is 76.6 Å². The molecule has 0 atom stereocenters. The number of halogens is 2. The molecule has 3 aromatic rings. The number of H-pyrrole nitrogens is 1. The molecule has 0 radical (unpaired) electrons. The summed E-state index contributed by atoms with van der Waals surface area (Å²) in [6.45, 7) is 0.129. The number of ether oxygens (including phenoxy) is 1. The first-order valence-corrected chi connectivity index (χ1v) is 6.37. The van der Waals surface area contributed by atoms with E-state index in [0.29, 0.717) is 16.5 Å². The maximum Gasteiger partial charge on any atom is 0.206 e. The van der Waals surface area contributed by atoms with Crippen LogP contribution in [0.1, 0.15) is 5.69 Å². The molecular weight excluding hydrogens is 297 g/mol. The summed E-state index contributed by atoms with van der Waals surface area (Å²) in [4.78, 5) is 4.20. The van der Waals surface area contributed by atoms with Gasteiger partial charge in [-0.2, -0.15) is 5.21 Å². The van der Waals surface area contributed by atoms with Gasteiger partial charge in [0, 0.05) is 22.8 Å². The molecule has 0 saturated carbocycles. The van der Waals surface area contributed by atoms with Gasteiger partial charge in [0.25, 0.3) is 0 Å². The Hall–Kier alpha value is -2.54. The van der Waals surface area contributed by atoms with Gasteiger partial charge in [0.05, 0.1) is 5.69 Å². The Balaban J connectivity index is 1.70. The minimum Gasteiger partial charge on any atom is -0.484 e. The highest BCUT2D eigenvalue weighted by Crippen LogP contribution is 2.22. The minimum atomic E-state index is -0.470. The largest absolute Gasteiger partial charge is 0.484 e. The summed E-state index contributed by atoms with van der Waals surface area (Å²) in [5.74, 6) is 0.0743. The van der Waals surface area contributed by atoms with Crippen LogP contribution in [0.25, 0.3) is 11.4 Å². The van der Waals surface area contributed by atoms with Gasteiger partial charge in [-0.25, -0.2) is 4.39 Å². The van der Waals surface area contributed by atoms with E-state index in [1.165, 1.54) is 18.2 Å². The van der Waals surface area contributed by atoms with Crippen LogP contribution in [0.3, 0.4) is 0 Å². The van der Waals surface area contributed by atoms with Crippen molar-refractivity contribution in [1.29, 1.82) is 0 Å². The third-order valence-corrected chi connectivity index (χ3v) is 2.93. The molecule has 1 aromatic carbocycles. The van der Waals surface area contributed by atoms with E-state index in [0.717, 1.165) is 5.56 Å². The van der Waals surface area contributed by atoms with Crippen molar-refractivity contribution >= 4 is 11.6 Å². The van der Waals surface area contributed by atoms with Crippen molar-refractivity contribution in [2.24, 2.45) is 0 Å². The molecule has 0 aliphatic carbocycles. The Bertz CT molecular complexity index is 733. The highest BCUT2D eigenvalue weighted by Gasteiger charge is 2.06. The molecule has 2 heterocycles. The maximum absolute atomic E-state index is 13.5. The van der Waals surface area contributed by atoms with Gasteiger partial charge in [0.15, 0.2) is 11.6 Å². The summed E-state index contributed by atoms with van der Waals surface area (Å²) in [5, 5.41) is 13.9. The molecule has 0 amide bonds. The van der Waals surface area contributed by atoms with Crippen LogP contribution >= 0.6 is 11.6 Å². The second kappa shape index (κ2) is 5.84. The van der Waals surface area contributed by atoms with Crippen molar-refractivity contribution in [3.63, 3.8) is 0 Å². The van der Waals surface area contributed by atoms with Crippen molar-refractivity contribution in [1.82, 2.24) is 25.6 Å².